The molecule has 1 aliphatic rings. The summed E-state index contributed by atoms with van der Waals surface area (Å²) >= 11 is 0. The Hall–Kier alpha value is -3.77. The molecule has 0 unspecified atom stereocenters. The van der Waals surface area contributed by atoms with Gasteiger partial charge in [-0.1, -0.05) is 31.2 Å². The van der Waals surface area contributed by atoms with E-state index in [9.17, 15) is 19.3 Å². The minimum Gasteiger partial charge on any atom is -0.505 e. The van der Waals surface area contributed by atoms with Crippen LogP contribution in [0.4, 0.5) is 11.4 Å². The Morgan fingerprint density at radius 1 is 0.971 bits per heavy atom. The summed E-state index contributed by atoms with van der Waals surface area (Å²) in [5, 5.41) is 17.2. The van der Waals surface area contributed by atoms with Gasteiger partial charge in [0.1, 0.15) is 35.8 Å². The molecular weight excluding hydrogens is 465 g/mol. The molecule has 1 atom stereocenters. The van der Waals surface area contributed by atoms with E-state index >= 15 is 0 Å². The summed E-state index contributed by atoms with van der Waals surface area (Å²) in [6.45, 7) is 6.88. The Morgan fingerprint density at radius 3 is 2.26 bits per heavy atom. The number of amides is 2. The Balaban J connectivity index is 1.79. The number of imide groups is 1. The van der Waals surface area contributed by atoms with Gasteiger partial charge in [-0.2, -0.15) is 0 Å². The van der Waals surface area contributed by atoms with E-state index in [4.69, 9.17) is 4.42 Å². The van der Waals surface area contributed by atoms with Crippen molar-refractivity contribution in [1.82, 2.24) is 5.32 Å². The lowest BCUT2D eigenvalue weighted by molar-refractivity contribution is -0.120. The second-order valence-electron chi connectivity index (χ2n) is 8.73. The molecule has 2 heterocycles. The van der Waals surface area contributed by atoms with E-state index in [-0.39, 0.29) is 34.2 Å². The van der Waals surface area contributed by atoms with Crippen molar-refractivity contribution in [3.63, 3.8) is 0 Å². The zero-order valence-electron chi connectivity index (χ0n) is 20.0. The number of carbonyl (C=O) groups excluding carboxylic acids is 2. The van der Waals surface area contributed by atoms with Crippen LogP contribution in [0.2, 0.25) is 0 Å². The third kappa shape index (κ3) is 4.75. The number of carbonyl (C=O) groups is 2. The van der Waals surface area contributed by atoms with Crippen LogP contribution < -0.4 is 20.8 Å². The molecule has 182 valence electrons. The molecule has 1 aromatic heterocycles. The first-order valence-electron chi connectivity index (χ1n) is 11.3. The van der Waals surface area contributed by atoms with Gasteiger partial charge in [-0.25, -0.2) is 4.90 Å². The molecule has 1 aliphatic heterocycles. The van der Waals surface area contributed by atoms with Gasteiger partial charge in [-0.15, -0.1) is 0 Å². The zero-order chi connectivity index (χ0) is 25.3. The first-order valence-corrected chi connectivity index (χ1v) is 13.9. The predicted molar refractivity (Wildman–Crippen MR) is 136 cm³/mol. The van der Waals surface area contributed by atoms with Crippen molar-refractivity contribution in [3.8, 4) is 5.75 Å². The summed E-state index contributed by atoms with van der Waals surface area (Å²) < 4.78 is 18.4. The number of anilines is 2. The molecule has 0 bridgehead atoms. The number of hydrogen-bond acceptors (Lipinski definition) is 7. The molecule has 8 nitrogen and oxygen atoms in total. The van der Waals surface area contributed by atoms with Gasteiger partial charge >= 0.3 is 0 Å². The summed E-state index contributed by atoms with van der Waals surface area (Å²) in [4.78, 5) is 28.1. The van der Waals surface area contributed by atoms with Crippen molar-refractivity contribution in [2.75, 3.05) is 23.5 Å². The highest BCUT2D eigenvalue weighted by Crippen LogP contribution is 2.41. The molecule has 0 spiro atoms. The Bertz CT molecular complexity index is 1360. The van der Waals surface area contributed by atoms with E-state index in [0.29, 0.717) is 17.9 Å². The molecule has 9 heteroatoms. The van der Waals surface area contributed by atoms with Crippen LogP contribution >= 0.6 is 7.14 Å². The molecule has 0 aliphatic carbocycles. The summed E-state index contributed by atoms with van der Waals surface area (Å²) in [6.07, 6.45) is 0.589. The van der Waals surface area contributed by atoms with Crippen LogP contribution in [0.5, 0.6) is 5.75 Å². The van der Waals surface area contributed by atoms with Crippen molar-refractivity contribution in [2.24, 2.45) is 0 Å². The molecule has 3 aromatic rings. The fraction of sp³-hybridized carbons (Fsp3) is 0.231. The maximum Gasteiger partial charge on any atom is 0.284 e. The fourth-order valence-corrected chi connectivity index (χ4v) is 5.06. The van der Waals surface area contributed by atoms with Gasteiger partial charge in [-0.05, 0) is 63.1 Å². The van der Waals surface area contributed by atoms with Crippen LogP contribution in [0.1, 0.15) is 30.9 Å². The Labute approximate surface area is 204 Å². The van der Waals surface area contributed by atoms with Crippen LogP contribution in [0.15, 0.2) is 76.5 Å². The lowest BCUT2D eigenvalue weighted by atomic mass is 10.1. The fourth-order valence-electron chi connectivity index (χ4n) is 3.98. The van der Waals surface area contributed by atoms with E-state index in [2.05, 4.69) is 10.6 Å². The molecule has 0 saturated heterocycles. The van der Waals surface area contributed by atoms with Crippen molar-refractivity contribution in [2.45, 2.75) is 26.3 Å². The number of para-hydroxylation sites is 2. The van der Waals surface area contributed by atoms with E-state index < -0.39 is 19.0 Å². The number of hydrogen-bond donors (Lipinski definition) is 3. The van der Waals surface area contributed by atoms with Crippen molar-refractivity contribution in [3.05, 3.63) is 83.6 Å². The molecule has 35 heavy (non-hydrogen) atoms. The van der Waals surface area contributed by atoms with Gasteiger partial charge in [0.05, 0.1) is 22.7 Å². The van der Waals surface area contributed by atoms with Crippen LogP contribution in [0.3, 0.4) is 0 Å². The average molecular weight is 494 g/mol. The van der Waals surface area contributed by atoms with E-state index in [1.165, 1.54) is 0 Å². The standard InChI is InChI=1S/C26H28N3O5P/c1-5-18(20-15-14-16(2)34-20)27-22-23(26(32)29(25(22)31)17-10-7-6-8-11-17)28-19-12-9-13-21(24(19)30)35(3,4)33/h6-15,18,27-28,30H,5H2,1-4H3/t18-/m1/s1. The van der Waals surface area contributed by atoms with E-state index in [0.717, 1.165) is 10.7 Å². The highest BCUT2D eigenvalue weighted by atomic mass is 31.2. The van der Waals surface area contributed by atoms with Crippen molar-refractivity contribution >= 4 is 35.6 Å². The first kappa shape index (κ1) is 24.4. The number of aryl methyl sites for hydroxylation is 1. The smallest absolute Gasteiger partial charge is 0.284 e. The predicted octanol–water partition coefficient (Wildman–Crippen LogP) is 4.48. The minimum atomic E-state index is -2.79. The molecule has 0 saturated carbocycles. The summed E-state index contributed by atoms with van der Waals surface area (Å²) in [5.41, 5.74) is 0.638. The van der Waals surface area contributed by atoms with Crippen LogP contribution in [-0.2, 0) is 14.2 Å². The maximum atomic E-state index is 13.5. The number of benzene rings is 2. The summed E-state index contributed by atoms with van der Waals surface area (Å²) in [5.74, 6) is 0.0447. The average Bonchev–Trinajstić information content (AvgIpc) is 3.34. The third-order valence-corrected chi connectivity index (χ3v) is 7.31. The quantitative estimate of drug-likeness (QED) is 0.241. The minimum absolute atomic E-state index is 0.0185. The number of phenolic OH excluding ortho intramolecular Hbond substituents is 1. The number of nitrogens with one attached hydrogen (secondary N) is 2. The highest BCUT2D eigenvalue weighted by molar-refractivity contribution is 7.70. The van der Waals surface area contributed by atoms with Gasteiger partial charge in [0, 0.05) is 0 Å². The number of furan rings is 1. The van der Waals surface area contributed by atoms with E-state index in [1.54, 1.807) is 61.9 Å². The molecular formula is C26H28N3O5P. The van der Waals surface area contributed by atoms with Gasteiger partial charge in [0.15, 0.2) is 0 Å². The van der Waals surface area contributed by atoms with Gasteiger partial charge in [0.25, 0.3) is 11.8 Å². The normalized spacial score (nSPS) is 15.0. The Morgan fingerprint density at radius 2 is 1.66 bits per heavy atom. The summed E-state index contributed by atoms with van der Waals surface area (Å²) in [7, 11) is -2.79. The lowest BCUT2D eigenvalue weighted by Crippen LogP contribution is -2.34. The van der Waals surface area contributed by atoms with Crippen molar-refractivity contribution in [1.29, 1.82) is 0 Å². The zero-order valence-corrected chi connectivity index (χ0v) is 20.9. The molecule has 3 N–H and O–H groups in total. The SMILES string of the molecule is CC[C@@H](NC1=C(Nc2cccc(P(C)(C)=O)c2O)C(=O)N(c2ccccc2)C1=O)c1ccc(C)o1. The number of rotatable bonds is 8. The number of nitrogens with zero attached hydrogens (tertiary/aromatic N) is 1. The second-order valence-corrected chi connectivity index (χ2v) is 11.9. The van der Waals surface area contributed by atoms with Crippen LogP contribution in [0.25, 0.3) is 0 Å². The van der Waals surface area contributed by atoms with Crippen molar-refractivity contribution < 1.29 is 23.7 Å². The molecule has 0 radical (unpaired) electrons. The number of aromatic hydroxyl groups is 1. The van der Waals surface area contributed by atoms with Gasteiger partial charge < -0.3 is 24.7 Å². The van der Waals surface area contributed by atoms with Gasteiger partial charge in [-0.3, -0.25) is 9.59 Å². The summed E-state index contributed by atoms with van der Waals surface area (Å²) in [6, 6.07) is 16.7. The van der Waals surface area contributed by atoms with E-state index in [1.807, 2.05) is 26.0 Å². The first-order chi connectivity index (χ1) is 16.6. The topological polar surface area (TPSA) is 112 Å². The molecule has 0 fully saturated rings. The van der Waals surface area contributed by atoms with Gasteiger partial charge in [0.2, 0.25) is 0 Å². The van der Waals surface area contributed by atoms with Crippen LogP contribution in [0, 0.1) is 6.92 Å². The third-order valence-electron chi connectivity index (χ3n) is 5.78. The monoisotopic (exact) mass is 493 g/mol. The second kappa shape index (κ2) is 9.47. The maximum absolute atomic E-state index is 13.5. The lowest BCUT2D eigenvalue weighted by Gasteiger charge is -2.18. The highest BCUT2D eigenvalue weighted by Gasteiger charge is 2.41. The number of phenols is 1. The molecule has 4 rings (SSSR count). The van der Waals surface area contributed by atoms with Crippen LogP contribution in [-0.4, -0.2) is 30.3 Å². The molecule has 2 aromatic carbocycles. The Kier molecular flexibility index (Phi) is 6.59. The molecule has 2 amide bonds. The largest absolute Gasteiger partial charge is 0.505 e.